The van der Waals surface area contributed by atoms with Gasteiger partial charge in [0.1, 0.15) is 10.7 Å². The third kappa shape index (κ3) is 3.54. The number of rotatable bonds is 4. The van der Waals surface area contributed by atoms with Gasteiger partial charge in [-0.2, -0.15) is 0 Å². The second-order valence-corrected chi connectivity index (χ2v) is 8.25. The van der Waals surface area contributed by atoms with Crippen LogP contribution in [0.4, 0.5) is 5.13 Å². The summed E-state index contributed by atoms with van der Waals surface area (Å²) in [4.78, 5) is 38.3. The molecule has 4 rings (SSSR count). The number of hydrogen-bond donors (Lipinski definition) is 2. The summed E-state index contributed by atoms with van der Waals surface area (Å²) in [6.45, 7) is 3.49. The quantitative estimate of drug-likeness (QED) is 0.548. The fourth-order valence-corrected chi connectivity index (χ4v) is 4.83. The Hall–Kier alpha value is -2.84. The number of anilines is 1. The fourth-order valence-electron chi connectivity index (χ4n) is 2.87. The zero-order chi connectivity index (χ0) is 19.0. The molecule has 0 fully saturated rings. The Morgan fingerprint density at radius 3 is 2.74 bits per heavy atom. The van der Waals surface area contributed by atoms with Crippen LogP contribution < -0.4 is 10.9 Å². The number of amides is 1. The van der Waals surface area contributed by atoms with Crippen molar-refractivity contribution >= 4 is 43.9 Å². The third-order valence-corrected chi connectivity index (χ3v) is 6.22. The topological polar surface area (TPSA) is 87.7 Å². The van der Waals surface area contributed by atoms with Gasteiger partial charge in [-0.1, -0.05) is 30.3 Å². The van der Waals surface area contributed by atoms with Gasteiger partial charge < -0.3 is 4.98 Å². The van der Waals surface area contributed by atoms with E-state index in [-0.39, 0.29) is 11.5 Å². The number of carbonyl (C=O) groups is 1. The third-order valence-electron chi connectivity index (χ3n) is 4.12. The standard InChI is InChI=1S/C19H16N4O2S2/c1-10-14-16(24)21-11(2)22-18(14)27-15(10)17(25)23-19-20-9-13(26-19)8-12-6-4-3-5-7-12/h3-7,9H,8H2,1-2H3,(H,20,23,25)(H,21,22,24). The molecule has 2 N–H and O–H groups in total. The molecule has 6 nitrogen and oxygen atoms in total. The summed E-state index contributed by atoms with van der Waals surface area (Å²) in [5.41, 5.74) is 1.62. The highest BCUT2D eigenvalue weighted by atomic mass is 32.1. The zero-order valence-corrected chi connectivity index (χ0v) is 16.3. The number of carbonyl (C=O) groups excluding carboxylic acids is 1. The van der Waals surface area contributed by atoms with E-state index in [2.05, 4.69) is 32.4 Å². The highest BCUT2D eigenvalue weighted by Gasteiger charge is 2.19. The first kappa shape index (κ1) is 17.6. The Morgan fingerprint density at radius 1 is 1.19 bits per heavy atom. The van der Waals surface area contributed by atoms with Crippen molar-refractivity contribution in [3.8, 4) is 0 Å². The van der Waals surface area contributed by atoms with Crippen LogP contribution in [0.1, 0.15) is 31.5 Å². The molecular weight excluding hydrogens is 380 g/mol. The predicted molar refractivity (Wildman–Crippen MR) is 109 cm³/mol. The molecule has 1 amide bonds. The van der Waals surface area contributed by atoms with E-state index in [4.69, 9.17) is 0 Å². The lowest BCUT2D eigenvalue weighted by atomic mass is 10.1. The van der Waals surface area contributed by atoms with Crippen molar-refractivity contribution < 1.29 is 4.79 Å². The van der Waals surface area contributed by atoms with Crippen LogP contribution >= 0.6 is 22.7 Å². The molecule has 0 spiro atoms. The van der Waals surface area contributed by atoms with Crippen molar-refractivity contribution in [3.63, 3.8) is 0 Å². The minimum absolute atomic E-state index is 0.218. The summed E-state index contributed by atoms with van der Waals surface area (Å²) < 4.78 is 0. The van der Waals surface area contributed by atoms with Gasteiger partial charge in [-0.15, -0.1) is 22.7 Å². The number of thiazole rings is 1. The number of hydrogen-bond acceptors (Lipinski definition) is 6. The second-order valence-electron chi connectivity index (χ2n) is 6.14. The first-order chi connectivity index (χ1) is 13.0. The summed E-state index contributed by atoms with van der Waals surface area (Å²) in [6.07, 6.45) is 2.55. The molecule has 136 valence electrons. The molecule has 27 heavy (non-hydrogen) atoms. The number of aryl methyl sites for hydroxylation is 2. The number of nitrogens with one attached hydrogen (secondary N) is 2. The Labute approximate surface area is 162 Å². The Morgan fingerprint density at radius 2 is 1.96 bits per heavy atom. The lowest BCUT2D eigenvalue weighted by molar-refractivity contribution is 0.103. The van der Waals surface area contributed by atoms with E-state index in [9.17, 15) is 9.59 Å². The van der Waals surface area contributed by atoms with Crippen LogP contribution in [0.3, 0.4) is 0 Å². The van der Waals surface area contributed by atoms with Crippen LogP contribution in [0.2, 0.25) is 0 Å². The fraction of sp³-hybridized carbons (Fsp3) is 0.158. The van der Waals surface area contributed by atoms with Gasteiger partial charge in [0.15, 0.2) is 5.13 Å². The lowest BCUT2D eigenvalue weighted by Gasteiger charge is -2.00. The van der Waals surface area contributed by atoms with Gasteiger partial charge in [0.05, 0.1) is 10.3 Å². The number of aromatic amines is 1. The lowest BCUT2D eigenvalue weighted by Crippen LogP contribution is -2.12. The van der Waals surface area contributed by atoms with Gasteiger partial charge in [-0.25, -0.2) is 9.97 Å². The van der Waals surface area contributed by atoms with E-state index in [0.29, 0.717) is 31.6 Å². The molecule has 0 saturated heterocycles. The molecule has 0 aliphatic rings. The first-order valence-corrected chi connectivity index (χ1v) is 9.94. The molecule has 0 aliphatic heterocycles. The summed E-state index contributed by atoms with van der Waals surface area (Å²) in [5.74, 6) is 0.263. The molecule has 0 bridgehead atoms. The largest absolute Gasteiger partial charge is 0.310 e. The smallest absolute Gasteiger partial charge is 0.267 e. The van der Waals surface area contributed by atoms with Gasteiger partial charge in [0.2, 0.25) is 0 Å². The Kier molecular flexibility index (Phi) is 4.59. The summed E-state index contributed by atoms with van der Waals surface area (Å²) in [7, 11) is 0. The van der Waals surface area contributed by atoms with Crippen LogP contribution in [0.5, 0.6) is 0 Å². The van der Waals surface area contributed by atoms with E-state index < -0.39 is 0 Å². The van der Waals surface area contributed by atoms with Crippen LogP contribution in [0.15, 0.2) is 41.3 Å². The number of H-pyrrole nitrogens is 1. The number of fused-ring (bicyclic) bond motifs is 1. The maximum Gasteiger partial charge on any atom is 0.267 e. The minimum Gasteiger partial charge on any atom is -0.310 e. The van der Waals surface area contributed by atoms with Crippen molar-refractivity contribution in [1.29, 1.82) is 0 Å². The minimum atomic E-state index is -0.270. The molecule has 0 radical (unpaired) electrons. The highest BCUT2D eigenvalue weighted by Crippen LogP contribution is 2.28. The molecule has 0 unspecified atom stereocenters. The summed E-state index contributed by atoms with van der Waals surface area (Å²) in [6, 6.07) is 10.1. The number of benzene rings is 1. The van der Waals surface area contributed by atoms with Crippen LogP contribution in [-0.2, 0) is 6.42 Å². The molecule has 0 saturated carbocycles. The van der Waals surface area contributed by atoms with Crippen LogP contribution in [0.25, 0.3) is 10.2 Å². The predicted octanol–water partition coefficient (Wildman–Crippen LogP) is 3.90. The van der Waals surface area contributed by atoms with Gasteiger partial charge >= 0.3 is 0 Å². The first-order valence-electron chi connectivity index (χ1n) is 8.31. The second kappa shape index (κ2) is 7.05. The van der Waals surface area contributed by atoms with E-state index in [1.54, 1.807) is 20.0 Å². The van der Waals surface area contributed by atoms with Crippen LogP contribution in [-0.4, -0.2) is 20.9 Å². The number of nitrogens with zero attached hydrogens (tertiary/aromatic N) is 2. The molecule has 8 heteroatoms. The molecule has 3 aromatic heterocycles. The van der Waals surface area contributed by atoms with Gasteiger partial charge in [0.25, 0.3) is 11.5 Å². The number of aromatic nitrogens is 3. The maximum atomic E-state index is 12.7. The average Bonchev–Trinajstić information content (AvgIpc) is 3.20. The molecular formula is C19H16N4O2S2. The molecule has 3 heterocycles. The Balaban J connectivity index is 1.56. The van der Waals surface area contributed by atoms with Crippen molar-refractivity contribution in [2.24, 2.45) is 0 Å². The molecule has 0 aliphatic carbocycles. The maximum absolute atomic E-state index is 12.7. The van der Waals surface area contributed by atoms with Gasteiger partial charge in [-0.3, -0.25) is 14.9 Å². The van der Waals surface area contributed by atoms with Crippen molar-refractivity contribution in [2.75, 3.05) is 5.32 Å². The SMILES string of the molecule is Cc1nc2sc(C(=O)Nc3ncc(Cc4ccccc4)s3)c(C)c2c(=O)[nH]1. The highest BCUT2D eigenvalue weighted by molar-refractivity contribution is 7.21. The summed E-state index contributed by atoms with van der Waals surface area (Å²) >= 11 is 2.67. The molecule has 1 aromatic carbocycles. The molecule has 4 aromatic rings. The van der Waals surface area contributed by atoms with E-state index >= 15 is 0 Å². The molecule has 0 atom stereocenters. The Bertz CT molecular complexity index is 1190. The van der Waals surface area contributed by atoms with Gasteiger partial charge in [0, 0.05) is 17.5 Å². The van der Waals surface area contributed by atoms with E-state index in [0.717, 1.165) is 11.3 Å². The normalized spacial score (nSPS) is 11.0. The van der Waals surface area contributed by atoms with E-state index in [1.165, 1.54) is 28.2 Å². The monoisotopic (exact) mass is 396 g/mol. The number of thiophene rings is 1. The zero-order valence-electron chi connectivity index (χ0n) is 14.7. The van der Waals surface area contributed by atoms with Crippen molar-refractivity contribution in [2.45, 2.75) is 20.3 Å². The van der Waals surface area contributed by atoms with E-state index in [1.807, 2.05) is 18.2 Å². The van der Waals surface area contributed by atoms with Gasteiger partial charge in [-0.05, 0) is 25.0 Å². The van der Waals surface area contributed by atoms with Crippen LogP contribution in [0, 0.1) is 13.8 Å². The van der Waals surface area contributed by atoms with Crippen molar-refractivity contribution in [3.05, 3.63) is 73.6 Å². The average molecular weight is 396 g/mol. The summed E-state index contributed by atoms with van der Waals surface area (Å²) in [5, 5.41) is 3.85. The van der Waals surface area contributed by atoms with Crippen molar-refractivity contribution in [1.82, 2.24) is 15.0 Å².